The van der Waals surface area contributed by atoms with Gasteiger partial charge < -0.3 is 15.7 Å². The topological polar surface area (TPSA) is 98.7 Å². The molecule has 0 amide bonds. The second-order valence-electron chi connectivity index (χ2n) is 2.19. The maximum atomic E-state index is 9.63. The van der Waals surface area contributed by atoms with Gasteiger partial charge in [-0.1, -0.05) is 0 Å². The number of rotatable bonds is 2. The van der Waals surface area contributed by atoms with E-state index in [1.807, 2.05) is 0 Å². The maximum Gasteiger partial charge on any atom is 0.267 e. The van der Waals surface area contributed by atoms with Gasteiger partial charge in [-0.3, -0.25) is 4.55 Å². The van der Waals surface area contributed by atoms with E-state index in [9.17, 15) is 8.42 Å². The first-order valence-electron chi connectivity index (χ1n) is 3.54. The van der Waals surface area contributed by atoms with Crippen molar-refractivity contribution in [2.45, 2.75) is 0 Å². The van der Waals surface area contributed by atoms with E-state index >= 15 is 0 Å². The maximum absolute atomic E-state index is 9.63. The lowest BCUT2D eigenvalue weighted by Gasteiger charge is -1.85. The van der Waals surface area contributed by atoms with E-state index in [4.69, 9.17) is 9.66 Å². The van der Waals surface area contributed by atoms with E-state index in [-0.39, 0.29) is 0 Å². The summed E-state index contributed by atoms with van der Waals surface area (Å²) in [6, 6.07) is 0. The average molecular weight is 198 g/mol. The largest absolute Gasteiger partial charge is 0.395 e. The predicted octanol–water partition coefficient (Wildman–Crippen LogP) is -2.00. The molecule has 6 nitrogen and oxygen atoms in total. The van der Waals surface area contributed by atoms with Crippen molar-refractivity contribution in [1.82, 2.24) is 10.6 Å². The van der Waals surface area contributed by atoms with Crippen LogP contribution in [0.3, 0.4) is 0 Å². The second-order valence-corrected chi connectivity index (χ2v) is 3.76. The highest BCUT2D eigenvalue weighted by Gasteiger charge is 1.99. The molecule has 0 radical (unpaired) electrons. The molecular formula is C5H14N2O4S. The van der Waals surface area contributed by atoms with Crippen molar-refractivity contribution in [3.63, 3.8) is 0 Å². The van der Waals surface area contributed by atoms with Crippen LogP contribution in [0.15, 0.2) is 0 Å². The summed E-state index contributed by atoms with van der Waals surface area (Å²) in [7, 11) is -3.92. The predicted molar refractivity (Wildman–Crippen MR) is 44.4 cm³/mol. The van der Waals surface area contributed by atoms with Crippen LogP contribution in [-0.2, 0) is 10.1 Å². The first-order valence-corrected chi connectivity index (χ1v) is 5.14. The van der Waals surface area contributed by atoms with Gasteiger partial charge in [0.2, 0.25) is 0 Å². The molecule has 0 bridgehead atoms. The third kappa shape index (κ3) is 9.79. The Morgan fingerprint density at radius 1 is 1.25 bits per heavy atom. The quantitative estimate of drug-likeness (QED) is 0.383. The highest BCUT2D eigenvalue weighted by Crippen LogP contribution is 1.76. The van der Waals surface area contributed by atoms with E-state index < -0.39 is 22.5 Å². The van der Waals surface area contributed by atoms with Gasteiger partial charge in [-0.2, -0.15) is 8.42 Å². The van der Waals surface area contributed by atoms with Crippen molar-refractivity contribution in [3.05, 3.63) is 0 Å². The smallest absolute Gasteiger partial charge is 0.267 e. The van der Waals surface area contributed by atoms with Crippen LogP contribution in [0.25, 0.3) is 0 Å². The molecule has 1 rings (SSSR count). The van der Waals surface area contributed by atoms with Crippen molar-refractivity contribution >= 4 is 10.1 Å². The Kier molecular flexibility index (Phi) is 6.21. The summed E-state index contributed by atoms with van der Waals surface area (Å²) in [5.41, 5.74) is 0. The normalized spacial score (nSPS) is 16.8. The minimum absolute atomic E-state index is 0.529. The van der Waals surface area contributed by atoms with Crippen LogP contribution in [0.4, 0.5) is 0 Å². The first-order chi connectivity index (χ1) is 5.56. The Morgan fingerprint density at radius 2 is 1.75 bits per heavy atom. The van der Waals surface area contributed by atoms with Gasteiger partial charge in [0.1, 0.15) is 0 Å². The van der Waals surface area contributed by atoms with E-state index in [2.05, 4.69) is 10.6 Å². The molecule has 0 saturated carbocycles. The highest BCUT2D eigenvalue weighted by atomic mass is 32.2. The fraction of sp³-hybridized carbons (Fsp3) is 1.00. The molecule has 74 valence electrons. The molecule has 0 aliphatic carbocycles. The van der Waals surface area contributed by atoms with Crippen LogP contribution in [0, 0.1) is 0 Å². The van der Waals surface area contributed by atoms with E-state index in [0.717, 1.165) is 19.8 Å². The second kappa shape index (κ2) is 6.32. The van der Waals surface area contributed by atoms with Gasteiger partial charge in [-0.05, 0) is 0 Å². The molecule has 0 atom stereocenters. The van der Waals surface area contributed by atoms with Gasteiger partial charge in [0.05, 0.1) is 12.4 Å². The van der Waals surface area contributed by atoms with Crippen LogP contribution < -0.4 is 10.6 Å². The van der Waals surface area contributed by atoms with Crippen LogP contribution in [-0.4, -0.2) is 50.2 Å². The molecule has 0 unspecified atom stereocenters. The molecule has 0 spiro atoms. The molecule has 12 heavy (non-hydrogen) atoms. The highest BCUT2D eigenvalue weighted by molar-refractivity contribution is 7.85. The van der Waals surface area contributed by atoms with Crippen molar-refractivity contribution in [1.29, 1.82) is 0 Å². The van der Waals surface area contributed by atoms with Gasteiger partial charge in [0.15, 0.2) is 0 Å². The summed E-state index contributed by atoms with van der Waals surface area (Å²) in [6.45, 7) is 2.75. The summed E-state index contributed by atoms with van der Waals surface area (Å²) in [5.74, 6) is -0.576. The Balaban J connectivity index is 0.000000211. The van der Waals surface area contributed by atoms with Crippen molar-refractivity contribution in [3.8, 4) is 0 Å². The van der Waals surface area contributed by atoms with E-state index in [1.165, 1.54) is 0 Å². The lowest BCUT2D eigenvalue weighted by molar-refractivity contribution is 0.315. The molecule has 0 aromatic carbocycles. The Morgan fingerprint density at radius 3 is 1.83 bits per heavy atom. The van der Waals surface area contributed by atoms with Gasteiger partial charge in [0.25, 0.3) is 10.1 Å². The fourth-order valence-electron chi connectivity index (χ4n) is 0.557. The third-order valence-electron chi connectivity index (χ3n) is 1.08. The lowest BCUT2D eigenvalue weighted by Crippen LogP contribution is -2.11. The summed E-state index contributed by atoms with van der Waals surface area (Å²) < 4.78 is 27.1. The molecule has 1 aliphatic heterocycles. The molecule has 4 N–H and O–H groups in total. The average Bonchev–Trinajstić information content (AvgIpc) is 2.38. The molecule has 0 aromatic heterocycles. The summed E-state index contributed by atoms with van der Waals surface area (Å²) in [4.78, 5) is 0. The number of nitrogens with one attached hydrogen (secondary N) is 2. The molecule has 7 heteroatoms. The van der Waals surface area contributed by atoms with Gasteiger partial charge >= 0.3 is 0 Å². The molecule has 1 aliphatic rings. The summed E-state index contributed by atoms with van der Waals surface area (Å²) in [6.07, 6.45) is 0. The lowest BCUT2D eigenvalue weighted by atomic mass is 10.7. The Hall–Kier alpha value is -0.210. The molecule has 1 fully saturated rings. The number of aliphatic hydroxyl groups excluding tert-OH is 1. The Labute approximate surface area is 71.7 Å². The van der Waals surface area contributed by atoms with Gasteiger partial charge in [-0.15, -0.1) is 0 Å². The van der Waals surface area contributed by atoms with E-state index in [0.29, 0.717) is 0 Å². The van der Waals surface area contributed by atoms with Crippen molar-refractivity contribution in [2.75, 3.05) is 32.1 Å². The van der Waals surface area contributed by atoms with Crippen molar-refractivity contribution in [2.24, 2.45) is 0 Å². The minimum atomic E-state index is -3.92. The monoisotopic (exact) mass is 198 g/mol. The van der Waals surface area contributed by atoms with Crippen LogP contribution in [0.2, 0.25) is 0 Å². The molecule has 1 heterocycles. The van der Waals surface area contributed by atoms with Crippen molar-refractivity contribution < 1.29 is 18.1 Å². The first kappa shape index (κ1) is 11.8. The van der Waals surface area contributed by atoms with Crippen LogP contribution in [0.1, 0.15) is 0 Å². The Bertz CT molecular complexity index is 180. The zero-order valence-electron chi connectivity index (χ0n) is 6.65. The summed E-state index contributed by atoms with van der Waals surface area (Å²) >= 11 is 0. The van der Waals surface area contributed by atoms with Crippen LogP contribution >= 0.6 is 0 Å². The molecular weight excluding hydrogens is 184 g/mol. The zero-order valence-corrected chi connectivity index (χ0v) is 7.47. The van der Waals surface area contributed by atoms with Crippen LogP contribution in [0.5, 0.6) is 0 Å². The number of hydrogen-bond donors (Lipinski definition) is 4. The molecule has 0 aromatic rings. The molecule has 1 saturated heterocycles. The third-order valence-corrected chi connectivity index (χ3v) is 1.78. The van der Waals surface area contributed by atoms with Gasteiger partial charge in [-0.25, -0.2) is 0 Å². The SMILES string of the molecule is C1CNCN1.O=S(=O)(O)CCO. The minimum Gasteiger partial charge on any atom is -0.395 e. The standard InChI is InChI=1S/C3H8N2.C2H6O4S/c1-2-5-3-4-1;3-1-2-7(4,5)6/h4-5H,1-3H2;3H,1-2H2,(H,4,5,6). The van der Waals surface area contributed by atoms with E-state index in [1.54, 1.807) is 0 Å². The van der Waals surface area contributed by atoms with Gasteiger partial charge in [0, 0.05) is 19.8 Å². The zero-order chi connectivity index (χ0) is 9.45. The number of aliphatic hydroxyl groups is 1. The number of hydrogen-bond acceptors (Lipinski definition) is 5. The fourth-order valence-corrected chi connectivity index (χ4v) is 0.788. The summed E-state index contributed by atoms with van der Waals surface area (Å²) in [5, 5.41) is 14.1.